The van der Waals surface area contributed by atoms with Crippen LogP contribution < -0.4 is 5.32 Å². The maximum Gasteiger partial charge on any atom is 0.416 e. The fraction of sp³-hybridized carbons (Fsp3) is 0.316. The third-order valence-corrected chi connectivity index (χ3v) is 7.28. The van der Waals surface area contributed by atoms with E-state index in [9.17, 15) is 26.4 Å². The Morgan fingerprint density at radius 1 is 1.17 bits per heavy atom. The number of hydrogen-bond acceptors (Lipinski definition) is 4. The maximum absolute atomic E-state index is 12.9. The molecule has 3 rings (SSSR count). The maximum atomic E-state index is 12.9. The predicted molar refractivity (Wildman–Crippen MR) is 105 cm³/mol. The molecular formula is C19H19F3N2O3S2. The van der Waals surface area contributed by atoms with Crippen molar-refractivity contribution in [2.45, 2.75) is 34.9 Å². The minimum absolute atomic E-state index is 0.131. The number of hydrogen-bond donors (Lipinski definition) is 1. The molecule has 1 fully saturated rings. The van der Waals surface area contributed by atoms with Gasteiger partial charge in [0.05, 0.1) is 10.5 Å². The summed E-state index contributed by atoms with van der Waals surface area (Å²) in [6.07, 6.45) is -1.82. The van der Waals surface area contributed by atoms with Crippen molar-refractivity contribution in [1.29, 1.82) is 0 Å². The summed E-state index contributed by atoms with van der Waals surface area (Å²) >= 11 is 1.51. The second-order valence-corrected chi connectivity index (χ2v) is 9.29. The van der Waals surface area contributed by atoms with Gasteiger partial charge in [-0.3, -0.25) is 4.79 Å². The highest BCUT2D eigenvalue weighted by atomic mass is 32.2. The molecule has 0 radical (unpaired) electrons. The van der Waals surface area contributed by atoms with Crippen molar-refractivity contribution in [3.63, 3.8) is 0 Å². The molecule has 0 spiro atoms. The van der Waals surface area contributed by atoms with Crippen LogP contribution in [0, 0.1) is 0 Å². The number of halogens is 3. The van der Waals surface area contributed by atoms with Gasteiger partial charge in [0, 0.05) is 17.1 Å². The van der Waals surface area contributed by atoms with E-state index in [4.69, 9.17) is 0 Å². The Balaban J connectivity index is 1.80. The molecule has 5 nitrogen and oxygen atoms in total. The van der Waals surface area contributed by atoms with Gasteiger partial charge in [-0.25, -0.2) is 8.42 Å². The third-order valence-electron chi connectivity index (χ3n) is 4.63. The molecule has 0 unspecified atom stereocenters. The summed E-state index contributed by atoms with van der Waals surface area (Å²) in [6, 6.07) is 9.55. The van der Waals surface area contributed by atoms with Crippen molar-refractivity contribution in [2.75, 3.05) is 18.1 Å². The molecule has 1 aliphatic rings. The molecule has 2 aromatic rings. The molecule has 0 bridgehead atoms. The van der Waals surface area contributed by atoms with Crippen molar-refractivity contribution in [3.05, 3.63) is 54.1 Å². The van der Waals surface area contributed by atoms with E-state index in [1.807, 2.05) is 12.3 Å². The van der Waals surface area contributed by atoms with Crippen molar-refractivity contribution >= 4 is 33.4 Å². The number of benzene rings is 2. The quantitative estimate of drug-likeness (QED) is 0.702. The molecule has 10 heteroatoms. The second kappa shape index (κ2) is 8.37. The Hall–Kier alpha value is -2.04. The first-order valence-electron chi connectivity index (χ1n) is 8.77. The van der Waals surface area contributed by atoms with Gasteiger partial charge in [-0.2, -0.15) is 17.5 Å². The molecule has 0 aliphatic carbocycles. The Kier molecular flexibility index (Phi) is 6.25. The number of sulfonamides is 1. The topological polar surface area (TPSA) is 66.5 Å². The number of carbonyl (C=O) groups is 1. The summed E-state index contributed by atoms with van der Waals surface area (Å²) < 4.78 is 65.1. The van der Waals surface area contributed by atoms with Crippen LogP contribution in [0.15, 0.2) is 58.3 Å². The molecular weight excluding hydrogens is 425 g/mol. The first kappa shape index (κ1) is 21.7. The molecule has 1 heterocycles. The van der Waals surface area contributed by atoms with E-state index in [-0.39, 0.29) is 11.4 Å². The number of carbonyl (C=O) groups excluding carboxylic acids is 1. The Labute approximate surface area is 171 Å². The minimum atomic E-state index is -4.55. The minimum Gasteiger partial charge on any atom is -0.325 e. The fourth-order valence-electron chi connectivity index (χ4n) is 3.17. The van der Waals surface area contributed by atoms with Crippen LogP contribution in [-0.4, -0.2) is 37.5 Å². The van der Waals surface area contributed by atoms with Gasteiger partial charge in [0.25, 0.3) is 0 Å². The molecule has 2 aromatic carbocycles. The van der Waals surface area contributed by atoms with Crippen LogP contribution in [0.25, 0.3) is 0 Å². The first-order valence-corrected chi connectivity index (χ1v) is 11.4. The number of rotatable bonds is 5. The molecule has 29 heavy (non-hydrogen) atoms. The monoisotopic (exact) mass is 444 g/mol. The lowest BCUT2D eigenvalue weighted by atomic mass is 10.2. The summed E-state index contributed by atoms with van der Waals surface area (Å²) in [5, 5.41) is 2.73. The van der Waals surface area contributed by atoms with E-state index in [0.29, 0.717) is 18.5 Å². The smallest absolute Gasteiger partial charge is 0.325 e. The van der Waals surface area contributed by atoms with Gasteiger partial charge in [0.1, 0.15) is 6.04 Å². The summed E-state index contributed by atoms with van der Waals surface area (Å²) in [7, 11) is -4.10. The van der Waals surface area contributed by atoms with Gasteiger partial charge in [0.2, 0.25) is 15.9 Å². The van der Waals surface area contributed by atoms with E-state index in [0.717, 1.165) is 33.5 Å². The van der Waals surface area contributed by atoms with Crippen LogP contribution in [0.1, 0.15) is 18.4 Å². The van der Waals surface area contributed by atoms with E-state index >= 15 is 0 Å². The average Bonchev–Trinajstić information content (AvgIpc) is 3.18. The van der Waals surface area contributed by atoms with Crippen LogP contribution in [0.5, 0.6) is 0 Å². The Morgan fingerprint density at radius 3 is 2.48 bits per heavy atom. The van der Waals surface area contributed by atoms with Crippen LogP contribution in [0.2, 0.25) is 0 Å². The van der Waals surface area contributed by atoms with Crippen LogP contribution in [-0.2, 0) is 21.0 Å². The standard InChI is InChI=1S/C19H19F3N2O3S2/c1-28-15-5-2-4-14(12-15)23-18(25)17-6-3-11-24(17)29(26,27)16-9-7-13(8-10-16)19(20,21)22/h2,4-5,7-10,12,17H,3,6,11H2,1H3,(H,23,25)/t17-/m0/s1. The number of nitrogens with one attached hydrogen (secondary N) is 1. The summed E-state index contributed by atoms with van der Waals surface area (Å²) in [5.74, 6) is -0.462. The Morgan fingerprint density at radius 2 is 1.86 bits per heavy atom. The molecule has 0 aromatic heterocycles. The highest BCUT2D eigenvalue weighted by Gasteiger charge is 2.40. The SMILES string of the molecule is CSc1cccc(NC(=O)[C@@H]2CCCN2S(=O)(=O)c2ccc(C(F)(F)F)cc2)c1. The third kappa shape index (κ3) is 4.76. The molecule has 1 saturated heterocycles. The van der Waals surface area contributed by atoms with Crippen molar-refractivity contribution in [1.82, 2.24) is 4.31 Å². The zero-order valence-corrected chi connectivity index (χ0v) is 17.1. The van der Waals surface area contributed by atoms with Gasteiger partial charge in [-0.1, -0.05) is 6.07 Å². The van der Waals surface area contributed by atoms with Crippen LogP contribution in [0.4, 0.5) is 18.9 Å². The van der Waals surface area contributed by atoms with E-state index in [2.05, 4.69) is 5.32 Å². The average molecular weight is 445 g/mol. The zero-order chi connectivity index (χ0) is 21.2. The summed E-state index contributed by atoms with van der Waals surface area (Å²) in [6.45, 7) is 0.131. The van der Waals surface area contributed by atoms with E-state index in [1.54, 1.807) is 18.2 Å². The lowest BCUT2D eigenvalue weighted by Crippen LogP contribution is -2.43. The number of thioether (sulfide) groups is 1. The number of anilines is 1. The van der Waals surface area contributed by atoms with E-state index in [1.165, 1.54) is 11.8 Å². The number of nitrogens with zero attached hydrogens (tertiary/aromatic N) is 1. The van der Waals surface area contributed by atoms with Gasteiger partial charge in [0.15, 0.2) is 0 Å². The Bertz CT molecular complexity index is 993. The van der Waals surface area contributed by atoms with Crippen molar-refractivity contribution in [3.8, 4) is 0 Å². The van der Waals surface area contributed by atoms with Gasteiger partial charge in [-0.15, -0.1) is 11.8 Å². The summed E-state index contributed by atoms with van der Waals surface area (Å²) in [5.41, 5.74) is -0.374. The molecule has 0 saturated carbocycles. The lowest BCUT2D eigenvalue weighted by molar-refractivity contribution is -0.137. The lowest BCUT2D eigenvalue weighted by Gasteiger charge is -2.23. The molecule has 156 valence electrons. The highest BCUT2D eigenvalue weighted by molar-refractivity contribution is 7.98. The van der Waals surface area contributed by atoms with Gasteiger partial charge >= 0.3 is 6.18 Å². The molecule has 1 atom stereocenters. The molecule has 1 aliphatic heterocycles. The van der Waals surface area contributed by atoms with Crippen LogP contribution >= 0.6 is 11.8 Å². The second-order valence-electron chi connectivity index (χ2n) is 6.52. The largest absolute Gasteiger partial charge is 0.416 e. The predicted octanol–water partition coefficient (Wildman–Crippen LogP) is 4.22. The zero-order valence-electron chi connectivity index (χ0n) is 15.4. The van der Waals surface area contributed by atoms with Crippen LogP contribution in [0.3, 0.4) is 0 Å². The highest BCUT2D eigenvalue weighted by Crippen LogP contribution is 2.32. The van der Waals surface area contributed by atoms with Gasteiger partial charge < -0.3 is 5.32 Å². The first-order chi connectivity index (χ1) is 13.6. The summed E-state index contributed by atoms with van der Waals surface area (Å²) in [4.78, 5) is 13.4. The van der Waals surface area contributed by atoms with Gasteiger partial charge in [-0.05, 0) is 61.6 Å². The normalized spacial score (nSPS) is 18.0. The van der Waals surface area contributed by atoms with Crippen molar-refractivity contribution in [2.24, 2.45) is 0 Å². The fourth-order valence-corrected chi connectivity index (χ4v) is 5.28. The number of amides is 1. The molecule has 1 amide bonds. The number of alkyl halides is 3. The molecule has 1 N–H and O–H groups in total. The van der Waals surface area contributed by atoms with E-state index < -0.39 is 33.7 Å². The van der Waals surface area contributed by atoms with Crippen molar-refractivity contribution < 1.29 is 26.4 Å².